The van der Waals surface area contributed by atoms with E-state index in [2.05, 4.69) is 0 Å². The molecule has 0 aromatic carbocycles. The first-order valence-electron chi connectivity index (χ1n) is 8.29. The van der Waals surface area contributed by atoms with E-state index < -0.39 is 24.4 Å². The molecule has 0 radical (unpaired) electrons. The first-order chi connectivity index (χ1) is 10.3. The van der Waals surface area contributed by atoms with E-state index in [0.717, 1.165) is 17.6 Å². The second kappa shape index (κ2) is 12.0. The van der Waals surface area contributed by atoms with Gasteiger partial charge in [0, 0.05) is 6.61 Å². The third-order valence-corrected chi connectivity index (χ3v) is 3.55. The highest BCUT2D eigenvalue weighted by Gasteiger charge is 2.17. The lowest BCUT2D eigenvalue weighted by Gasteiger charge is -2.22. The lowest BCUT2D eigenvalue weighted by molar-refractivity contribution is 0.145. The highest BCUT2D eigenvalue weighted by molar-refractivity contribution is 5.17. The minimum Gasteiger partial charge on any atom is -0.396 e. The topological polar surface area (TPSA) is 101 Å². The second-order valence-electron chi connectivity index (χ2n) is 6.44. The maximum atomic E-state index is 10.2. The average molecular weight is 318 g/mol. The van der Waals surface area contributed by atoms with Crippen molar-refractivity contribution in [2.24, 2.45) is 0 Å². The molecule has 0 amide bonds. The molecule has 0 aliphatic rings. The number of aliphatic hydroxyl groups excluding tert-OH is 5. The number of hydrogen-bond acceptors (Lipinski definition) is 5. The first kappa shape index (κ1) is 21.5. The van der Waals surface area contributed by atoms with Gasteiger partial charge in [0.1, 0.15) is 0 Å². The lowest BCUT2D eigenvalue weighted by Crippen LogP contribution is -2.16. The summed E-state index contributed by atoms with van der Waals surface area (Å²) in [5.74, 6) is 0. The zero-order valence-corrected chi connectivity index (χ0v) is 14.2. The minimum absolute atomic E-state index is 0.123. The maximum absolute atomic E-state index is 10.2. The summed E-state index contributed by atoms with van der Waals surface area (Å²) in [7, 11) is 0. The van der Waals surface area contributed by atoms with E-state index >= 15 is 0 Å². The largest absolute Gasteiger partial charge is 0.396 e. The van der Waals surface area contributed by atoms with Crippen LogP contribution in [0.25, 0.3) is 0 Å². The average Bonchev–Trinajstić information content (AvgIpc) is 2.35. The number of hydrogen-bond donors (Lipinski definition) is 5. The van der Waals surface area contributed by atoms with Gasteiger partial charge < -0.3 is 25.5 Å². The third-order valence-electron chi connectivity index (χ3n) is 3.55. The van der Waals surface area contributed by atoms with Gasteiger partial charge in [0.05, 0.1) is 24.4 Å². The van der Waals surface area contributed by atoms with Crippen LogP contribution in [0.15, 0.2) is 11.1 Å². The highest BCUT2D eigenvalue weighted by Crippen LogP contribution is 2.26. The monoisotopic (exact) mass is 318 g/mol. The fourth-order valence-corrected chi connectivity index (χ4v) is 2.69. The van der Waals surface area contributed by atoms with Crippen LogP contribution < -0.4 is 0 Å². The molecule has 5 heteroatoms. The molecule has 0 saturated carbocycles. The van der Waals surface area contributed by atoms with E-state index in [1.54, 1.807) is 20.8 Å². The van der Waals surface area contributed by atoms with Crippen molar-refractivity contribution in [1.29, 1.82) is 0 Å². The smallest absolute Gasteiger partial charge is 0.0577 e. The van der Waals surface area contributed by atoms with Gasteiger partial charge in [0.2, 0.25) is 0 Å². The summed E-state index contributed by atoms with van der Waals surface area (Å²) in [4.78, 5) is 0. The molecule has 0 bridgehead atoms. The third kappa shape index (κ3) is 11.2. The van der Waals surface area contributed by atoms with Gasteiger partial charge in [-0.15, -0.1) is 0 Å². The van der Waals surface area contributed by atoms with E-state index in [0.29, 0.717) is 38.5 Å². The molecule has 0 aromatic heterocycles. The van der Waals surface area contributed by atoms with E-state index in [1.165, 1.54) is 0 Å². The second-order valence-corrected chi connectivity index (χ2v) is 6.44. The Morgan fingerprint density at radius 1 is 0.682 bits per heavy atom. The summed E-state index contributed by atoms with van der Waals surface area (Å²) < 4.78 is 0. The van der Waals surface area contributed by atoms with Crippen molar-refractivity contribution in [2.75, 3.05) is 6.61 Å². The molecule has 4 unspecified atom stereocenters. The molecule has 0 aliphatic carbocycles. The van der Waals surface area contributed by atoms with Crippen molar-refractivity contribution in [3.8, 4) is 0 Å². The fourth-order valence-electron chi connectivity index (χ4n) is 2.69. The van der Waals surface area contributed by atoms with Crippen LogP contribution in [0, 0.1) is 0 Å². The molecule has 0 saturated heterocycles. The van der Waals surface area contributed by atoms with Crippen molar-refractivity contribution in [2.45, 2.75) is 90.1 Å². The zero-order chi connectivity index (χ0) is 17.1. The van der Waals surface area contributed by atoms with E-state index in [-0.39, 0.29) is 6.61 Å². The number of rotatable bonds is 12. The molecular formula is C17H34O5. The molecule has 0 rings (SSSR count). The van der Waals surface area contributed by atoms with Crippen molar-refractivity contribution >= 4 is 0 Å². The van der Waals surface area contributed by atoms with Crippen molar-refractivity contribution in [3.05, 3.63) is 11.1 Å². The van der Waals surface area contributed by atoms with Gasteiger partial charge in [0.25, 0.3) is 0 Å². The molecule has 0 spiro atoms. The van der Waals surface area contributed by atoms with Gasteiger partial charge >= 0.3 is 0 Å². The molecular weight excluding hydrogens is 284 g/mol. The van der Waals surface area contributed by atoms with E-state index in [4.69, 9.17) is 5.11 Å². The summed E-state index contributed by atoms with van der Waals surface area (Å²) in [6, 6.07) is 0. The molecule has 22 heavy (non-hydrogen) atoms. The van der Waals surface area contributed by atoms with Crippen LogP contribution in [0.2, 0.25) is 0 Å². The highest BCUT2D eigenvalue weighted by atomic mass is 16.3. The van der Waals surface area contributed by atoms with E-state index in [1.807, 2.05) is 0 Å². The normalized spacial score (nSPS) is 16.9. The summed E-state index contributed by atoms with van der Waals surface area (Å²) in [6.07, 6.45) is 1.66. The van der Waals surface area contributed by atoms with Crippen LogP contribution in [-0.4, -0.2) is 56.6 Å². The number of unbranched alkanes of at least 4 members (excludes halogenated alkanes) is 1. The minimum atomic E-state index is -0.530. The van der Waals surface area contributed by atoms with Crippen LogP contribution in [-0.2, 0) is 0 Å². The predicted octanol–water partition coefficient (Wildman–Crippen LogP) is 1.51. The Labute approximate surface area is 134 Å². The molecule has 0 aliphatic heterocycles. The standard InChI is InChI=1S/C17H34O5/c1-12(19)8-15(9-13(2)20)16(10-14(3)21)11-17(22)6-4-5-7-18/h12-14,17-22H,4-11H2,1-3H3. The van der Waals surface area contributed by atoms with Crippen LogP contribution >= 0.6 is 0 Å². The van der Waals surface area contributed by atoms with Gasteiger partial charge in [-0.3, -0.25) is 0 Å². The molecule has 0 aromatic rings. The van der Waals surface area contributed by atoms with Crippen molar-refractivity contribution in [3.63, 3.8) is 0 Å². The zero-order valence-electron chi connectivity index (χ0n) is 14.2. The van der Waals surface area contributed by atoms with Crippen molar-refractivity contribution in [1.82, 2.24) is 0 Å². The summed E-state index contributed by atoms with van der Waals surface area (Å²) in [5.41, 5.74) is 1.85. The van der Waals surface area contributed by atoms with Gasteiger partial charge in [-0.05, 0) is 65.7 Å². The van der Waals surface area contributed by atoms with E-state index in [9.17, 15) is 20.4 Å². The van der Waals surface area contributed by atoms with Gasteiger partial charge in [-0.1, -0.05) is 11.1 Å². The summed E-state index contributed by atoms with van der Waals surface area (Å²) in [6.45, 7) is 5.21. The van der Waals surface area contributed by atoms with Gasteiger partial charge in [-0.25, -0.2) is 0 Å². The molecule has 0 fully saturated rings. The molecule has 5 N–H and O–H groups in total. The quantitative estimate of drug-likeness (QED) is 0.277. The van der Waals surface area contributed by atoms with Crippen LogP contribution in [0.4, 0.5) is 0 Å². The first-order valence-corrected chi connectivity index (χ1v) is 8.29. The fraction of sp³-hybridized carbons (Fsp3) is 0.882. The number of aliphatic hydroxyl groups is 5. The summed E-state index contributed by atoms with van der Waals surface area (Å²) >= 11 is 0. The van der Waals surface area contributed by atoms with Gasteiger partial charge in [-0.2, -0.15) is 0 Å². The molecule has 4 atom stereocenters. The molecule has 0 heterocycles. The van der Waals surface area contributed by atoms with Crippen LogP contribution in [0.3, 0.4) is 0 Å². The van der Waals surface area contributed by atoms with Crippen molar-refractivity contribution < 1.29 is 25.5 Å². The SMILES string of the molecule is CC(O)CC(CC(C)O)=C(CC(C)O)CC(O)CCCCO. The Hall–Kier alpha value is -0.460. The maximum Gasteiger partial charge on any atom is 0.0577 e. The Morgan fingerprint density at radius 2 is 1.09 bits per heavy atom. The summed E-state index contributed by atoms with van der Waals surface area (Å²) in [5, 5.41) is 47.9. The lowest BCUT2D eigenvalue weighted by atomic mass is 9.89. The van der Waals surface area contributed by atoms with Crippen LogP contribution in [0.5, 0.6) is 0 Å². The Kier molecular flexibility index (Phi) is 11.8. The van der Waals surface area contributed by atoms with Crippen LogP contribution in [0.1, 0.15) is 65.7 Å². The Balaban J connectivity index is 5.01. The molecule has 5 nitrogen and oxygen atoms in total. The van der Waals surface area contributed by atoms with Gasteiger partial charge in [0.15, 0.2) is 0 Å². The molecule has 132 valence electrons. The predicted molar refractivity (Wildman–Crippen MR) is 87.5 cm³/mol. The Bertz CT molecular complexity index is 298. The Morgan fingerprint density at radius 3 is 1.45 bits per heavy atom.